The van der Waals surface area contributed by atoms with E-state index < -0.39 is 13.9 Å². The smallest absolute Gasteiger partial charge is 0.459 e. The Balaban J connectivity index is 1.68. The van der Waals surface area contributed by atoms with E-state index in [0.29, 0.717) is 24.5 Å². The summed E-state index contributed by atoms with van der Waals surface area (Å²) in [7, 11) is -4.18. The highest BCUT2D eigenvalue weighted by molar-refractivity contribution is 7.49. The monoisotopic (exact) mass is 494 g/mol. The fourth-order valence-corrected chi connectivity index (χ4v) is 4.35. The summed E-state index contributed by atoms with van der Waals surface area (Å²) in [6.45, 7) is 10.3. The molecular formula is C28H31O6P. The van der Waals surface area contributed by atoms with Gasteiger partial charge in [0.2, 0.25) is 0 Å². The number of phosphoric acid groups is 1. The minimum absolute atomic E-state index is 0.0353. The van der Waals surface area contributed by atoms with Gasteiger partial charge in [-0.05, 0) is 48.7 Å². The maximum atomic E-state index is 13.6. The second-order valence-electron chi connectivity index (χ2n) is 7.88. The zero-order chi connectivity index (χ0) is 24.9. The van der Waals surface area contributed by atoms with Crippen LogP contribution in [0.3, 0.4) is 0 Å². The normalized spacial score (nSPS) is 12.7. The molecule has 0 aliphatic heterocycles. The van der Waals surface area contributed by atoms with E-state index in [0.717, 1.165) is 5.56 Å². The average molecular weight is 495 g/mol. The SMILES string of the molecule is C=CC[C@@H](C)[C@H](COCc1ccccc1)OC(=C)OP(=O)(Oc1ccccc1)Oc1ccccc1. The molecule has 0 heterocycles. The second-order valence-corrected chi connectivity index (χ2v) is 9.32. The third-order valence-corrected chi connectivity index (χ3v) is 6.28. The molecule has 0 N–H and O–H groups in total. The number of phosphoric ester groups is 1. The van der Waals surface area contributed by atoms with Crippen LogP contribution in [0.4, 0.5) is 0 Å². The number of hydrogen-bond donors (Lipinski definition) is 0. The first-order chi connectivity index (χ1) is 17.0. The van der Waals surface area contributed by atoms with Crippen molar-refractivity contribution in [1.29, 1.82) is 0 Å². The number of benzene rings is 3. The Kier molecular flexibility index (Phi) is 10.0. The van der Waals surface area contributed by atoms with Gasteiger partial charge in [0.15, 0.2) is 0 Å². The molecule has 0 saturated heterocycles. The van der Waals surface area contributed by atoms with Crippen molar-refractivity contribution in [2.75, 3.05) is 6.61 Å². The predicted octanol–water partition coefficient (Wildman–Crippen LogP) is 7.55. The third kappa shape index (κ3) is 9.01. The predicted molar refractivity (Wildman–Crippen MR) is 137 cm³/mol. The molecule has 0 saturated carbocycles. The lowest BCUT2D eigenvalue weighted by atomic mass is 10.0. The van der Waals surface area contributed by atoms with Gasteiger partial charge in [-0.15, -0.1) is 6.58 Å². The highest BCUT2D eigenvalue weighted by Gasteiger charge is 2.35. The summed E-state index contributed by atoms with van der Waals surface area (Å²) in [6.07, 6.45) is 2.07. The molecule has 0 aliphatic rings. The summed E-state index contributed by atoms with van der Waals surface area (Å²) in [4.78, 5) is 0. The molecule has 7 heteroatoms. The van der Waals surface area contributed by atoms with Gasteiger partial charge in [-0.2, -0.15) is 4.57 Å². The first-order valence-corrected chi connectivity index (χ1v) is 12.8. The van der Waals surface area contributed by atoms with E-state index in [1.807, 2.05) is 55.5 Å². The topological polar surface area (TPSA) is 63.2 Å². The zero-order valence-electron chi connectivity index (χ0n) is 19.8. The van der Waals surface area contributed by atoms with Gasteiger partial charge in [-0.25, -0.2) is 0 Å². The molecule has 0 spiro atoms. The third-order valence-electron chi connectivity index (χ3n) is 4.98. The van der Waals surface area contributed by atoms with Gasteiger partial charge in [0.25, 0.3) is 5.95 Å². The number of allylic oxidation sites excluding steroid dienone is 1. The Morgan fingerprint density at radius 2 is 1.40 bits per heavy atom. The van der Waals surface area contributed by atoms with Crippen LogP contribution in [0.5, 0.6) is 11.5 Å². The first-order valence-electron chi connectivity index (χ1n) is 11.3. The van der Waals surface area contributed by atoms with Crippen LogP contribution in [-0.2, 0) is 25.2 Å². The number of hydrogen-bond acceptors (Lipinski definition) is 6. The van der Waals surface area contributed by atoms with Crippen molar-refractivity contribution in [1.82, 2.24) is 0 Å². The molecule has 0 fully saturated rings. The Labute approximate surface area is 207 Å². The van der Waals surface area contributed by atoms with Gasteiger partial charge in [0, 0.05) is 0 Å². The fourth-order valence-electron chi connectivity index (χ4n) is 3.19. The van der Waals surface area contributed by atoms with Crippen molar-refractivity contribution in [3.8, 4) is 11.5 Å². The average Bonchev–Trinajstić information content (AvgIpc) is 2.85. The van der Waals surface area contributed by atoms with Gasteiger partial charge in [-0.1, -0.05) is 79.7 Å². The summed E-state index contributed by atoms with van der Waals surface area (Å²) < 4.78 is 42.3. The Morgan fingerprint density at radius 1 is 0.886 bits per heavy atom. The quantitative estimate of drug-likeness (QED) is 0.123. The van der Waals surface area contributed by atoms with Crippen LogP contribution in [0, 0.1) is 5.92 Å². The summed E-state index contributed by atoms with van der Waals surface area (Å²) >= 11 is 0. The van der Waals surface area contributed by atoms with Crippen molar-refractivity contribution >= 4 is 7.82 Å². The van der Waals surface area contributed by atoms with Gasteiger partial charge >= 0.3 is 7.82 Å². The van der Waals surface area contributed by atoms with Crippen LogP contribution >= 0.6 is 7.82 Å². The molecular weight excluding hydrogens is 463 g/mol. The first kappa shape index (κ1) is 26.1. The Hall–Kier alpha value is -3.47. The van der Waals surface area contributed by atoms with Crippen molar-refractivity contribution in [3.63, 3.8) is 0 Å². The van der Waals surface area contributed by atoms with Gasteiger partial charge in [0.1, 0.15) is 17.6 Å². The fraction of sp³-hybridized carbons (Fsp3) is 0.214. The molecule has 0 aromatic heterocycles. The van der Waals surface area contributed by atoms with Crippen LogP contribution in [0.25, 0.3) is 0 Å². The van der Waals surface area contributed by atoms with Gasteiger partial charge in [-0.3, -0.25) is 0 Å². The molecule has 2 atom stereocenters. The molecule has 6 nitrogen and oxygen atoms in total. The highest BCUT2D eigenvalue weighted by atomic mass is 31.2. The molecule has 3 rings (SSSR count). The molecule has 184 valence electrons. The van der Waals surface area contributed by atoms with Crippen LogP contribution in [0.2, 0.25) is 0 Å². The van der Waals surface area contributed by atoms with Crippen molar-refractivity contribution in [2.24, 2.45) is 5.92 Å². The minimum Gasteiger partial charge on any atom is -0.459 e. The van der Waals surface area contributed by atoms with Crippen molar-refractivity contribution < 1.29 is 27.6 Å². The van der Waals surface area contributed by atoms with Gasteiger partial charge in [0.05, 0.1) is 13.2 Å². The van der Waals surface area contributed by atoms with Crippen molar-refractivity contribution in [3.05, 3.63) is 122 Å². The van der Waals surface area contributed by atoms with Crippen LogP contribution in [0.15, 0.2) is 116 Å². The maximum absolute atomic E-state index is 13.6. The lowest BCUT2D eigenvalue weighted by Gasteiger charge is -2.26. The van der Waals surface area contributed by atoms with Crippen molar-refractivity contribution in [2.45, 2.75) is 26.1 Å². The summed E-state index contributed by atoms with van der Waals surface area (Å²) in [6, 6.07) is 27.1. The molecule has 3 aromatic carbocycles. The molecule has 0 bridgehead atoms. The molecule has 0 amide bonds. The maximum Gasteiger partial charge on any atom is 0.649 e. The molecule has 0 aliphatic carbocycles. The number of ether oxygens (including phenoxy) is 2. The molecule has 0 radical (unpaired) electrons. The second kappa shape index (κ2) is 13.4. The standard InChI is InChI=1S/C28H31O6P/c1-4-14-23(2)28(22-30-21-25-15-8-5-9-16-25)31-24(3)32-35(29,33-26-17-10-6-11-18-26)34-27-19-12-7-13-20-27/h4-13,15-20,23,28H,1,3,14,21-22H2,2H3/t23-,28+/m1/s1. The zero-order valence-corrected chi connectivity index (χ0v) is 20.7. The van der Waals surface area contributed by atoms with Gasteiger partial charge < -0.3 is 23.0 Å². The lowest BCUT2D eigenvalue weighted by molar-refractivity contribution is -0.0484. The van der Waals surface area contributed by atoms with E-state index in [1.54, 1.807) is 48.5 Å². The highest BCUT2D eigenvalue weighted by Crippen LogP contribution is 2.51. The van der Waals surface area contributed by atoms with Crippen LogP contribution in [0.1, 0.15) is 18.9 Å². The number of rotatable bonds is 15. The van der Waals surface area contributed by atoms with E-state index in [4.69, 9.17) is 23.0 Å². The summed E-state index contributed by atoms with van der Waals surface area (Å²) in [5, 5.41) is 0. The van der Waals surface area contributed by atoms with E-state index >= 15 is 0 Å². The number of para-hydroxylation sites is 2. The van der Waals surface area contributed by atoms with E-state index in [9.17, 15) is 4.57 Å². The van der Waals surface area contributed by atoms with E-state index in [1.165, 1.54) is 0 Å². The largest absolute Gasteiger partial charge is 0.649 e. The van der Waals surface area contributed by atoms with Crippen LogP contribution in [-0.4, -0.2) is 12.7 Å². The lowest BCUT2D eigenvalue weighted by Crippen LogP contribution is -2.27. The molecule has 35 heavy (non-hydrogen) atoms. The molecule has 0 unspecified atom stereocenters. The van der Waals surface area contributed by atoms with E-state index in [2.05, 4.69) is 13.2 Å². The van der Waals surface area contributed by atoms with E-state index in [-0.39, 0.29) is 18.5 Å². The Bertz CT molecular complexity index is 1040. The van der Waals surface area contributed by atoms with Crippen LogP contribution < -0.4 is 9.05 Å². The Morgan fingerprint density at radius 3 is 1.91 bits per heavy atom. The summed E-state index contributed by atoms with van der Waals surface area (Å²) in [5.74, 6) is 0.488. The molecule has 3 aromatic rings. The minimum atomic E-state index is -4.18. The summed E-state index contributed by atoms with van der Waals surface area (Å²) in [5.41, 5.74) is 1.05.